The smallest absolute Gasteiger partial charge is 0.373 e. The summed E-state index contributed by atoms with van der Waals surface area (Å²) in [4.78, 5) is 18.7. The summed E-state index contributed by atoms with van der Waals surface area (Å²) in [5.41, 5.74) is 0.162. The summed E-state index contributed by atoms with van der Waals surface area (Å²) in [5.74, 6) is -0.999. The Morgan fingerprint density at radius 3 is 2.60 bits per heavy atom. The number of carbonyl (C=O) groups is 1. The number of hydrogen-bond acceptors (Lipinski definition) is 6. The van der Waals surface area contributed by atoms with Crippen molar-refractivity contribution >= 4 is 5.97 Å². The molecule has 112 valence electrons. The van der Waals surface area contributed by atoms with E-state index in [0.29, 0.717) is 24.7 Å². The van der Waals surface area contributed by atoms with Crippen molar-refractivity contribution in [2.45, 2.75) is 26.2 Å². The van der Waals surface area contributed by atoms with Crippen molar-refractivity contribution in [2.24, 2.45) is 0 Å². The molecule has 7 heteroatoms. The third-order valence-corrected chi connectivity index (χ3v) is 2.39. The summed E-state index contributed by atoms with van der Waals surface area (Å²) in [7, 11) is 1.58. The summed E-state index contributed by atoms with van der Waals surface area (Å²) < 4.78 is 15.5. The van der Waals surface area contributed by atoms with Crippen LogP contribution in [-0.2, 0) is 14.9 Å². The van der Waals surface area contributed by atoms with Crippen molar-refractivity contribution in [1.82, 2.24) is 9.97 Å². The molecule has 0 unspecified atom stereocenters. The number of ether oxygens (including phenoxy) is 3. The molecule has 0 radical (unpaired) electrons. The van der Waals surface area contributed by atoms with Crippen LogP contribution in [0.25, 0.3) is 0 Å². The molecule has 0 spiro atoms. The Morgan fingerprint density at radius 2 is 2.05 bits per heavy atom. The fourth-order valence-corrected chi connectivity index (χ4v) is 1.42. The summed E-state index contributed by atoms with van der Waals surface area (Å²) in [5, 5.41) is 8.93. The Morgan fingerprint density at radius 1 is 1.35 bits per heavy atom. The van der Waals surface area contributed by atoms with Gasteiger partial charge in [0.15, 0.2) is 12.5 Å². The molecule has 1 aromatic rings. The minimum atomic E-state index is -1.17. The Bertz CT molecular complexity index is 457. The Hall–Kier alpha value is -1.73. The summed E-state index contributed by atoms with van der Waals surface area (Å²) in [6, 6.07) is 0. The summed E-state index contributed by atoms with van der Waals surface area (Å²) in [6.45, 7) is 6.67. The molecule has 0 atom stereocenters. The van der Waals surface area contributed by atoms with Gasteiger partial charge in [-0.05, 0) is 0 Å². The third kappa shape index (κ3) is 4.75. The lowest BCUT2D eigenvalue weighted by atomic mass is 9.91. The second-order valence-corrected chi connectivity index (χ2v) is 5.12. The third-order valence-electron chi connectivity index (χ3n) is 2.39. The predicted octanol–water partition coefficient (Wildman–Crippen LogP) is 1.47. The lowest BCUT2D eigenvalue weighted by Gasteiger charge is -2.21. The van der Waals surface area contributed by atoms with Gasteiger partial charge in [-0.3, -0.25) is 0 Å². The van der Waals surface area contributed by atoms with Crippen LogP contribution in [0.5, 0.6) is 5.75 Å². The van der Waals surface area contributed by atoms with Crippen LogP contribution in [0.2, 0.25) is 0 Å². The van der Waals surface area contributed by atoms with Gasteiger partial charge in [0, 0.05) is 12.5 Å². The molecule has 0 amide bonds. The van der Waals surface area contributed by atoms with Gasteiger partial charge in [-0.15, -0.1) is 0 Å². The van der Waals surface area contributed by atoms with E-state index < -0.39 is 5.97 Å². The first-order valence-corrected chi connectivity index (χ1v) is 6.16. The van der Waals surface area contributed by atoms with E-state index in [2.05, 4.69) is 9.97 Å². The Kier molecular flexibility index (Phi) is 5.84. The van der Waals surface area contributed by atoms with E-state index in [1.54, 1.807) is 7.11 Å². The maximum atomic E-state index is 10.9. The maximum absolute atomic E-state index is 10.9. The Balaban J connectivity index is 2.81. The van der Waals surface area contributed by atoms with E-state index in [1.165, 1.54) is 6.20 Å². The van der Waals surface area contributed by atoms with E-state index >= 15 is 0 Å². The van der Waals surface area contributed by atoms with E-state index in [4.69, 9.17) is 19.3 Å². The van der Waals surface area contributed by atoms with E-state index in [1.807, 2.05) is 20.8 Å². The first kappa shape index (κ1) is 16.3. The number of aromatic carboxylic acids is 1. The van der Waals surface area contributed by atoms with Gasteiger partial charge in [-0.25, -0.2) is 14.8 Å². The summed E-state index contributed by atoms with van der Waals surface area (Å²) in [6.07, 6.45) is 1.36. The highest BCUT2D eigenvalue weighted by atomic mass is 16.7. The molecule has 1 rings (SSSR count). The average Bonchev–Trinajstić information content (AvgIpc) is 2.37. The Labute approximate surface area is 117 Å². The molecule has 1 aromatic heterocycles. The molecule has 20 heavy (non-hydrogen) atoms. The number of hydrogen-bond donors (Lipinski definition) is 1. The van der Waals surface area contributed by atoms with Crippen LogP contribution >= 0.6 is 0 Å². The van der Waals surface area contributed by atoms with Crippen LogP contribution < -0.4 is 4.74 Å². The van der Waals surface area contributed by atoms with E-state index in [9.17, 15) is 4.79 Å². The summed E-state index contributed by atoms with van der Waals surface area (Å²) >= 11 is 0. The molecule has 0 bridgehead atoms. The fraction of sp³-hybridized carbons (Fsp3) is 0.615. The van der Waals surface area contributed by atoms with Gasteiger partial charge in [0.2, 0.25) is 5.82 Å². The van der Waals surface area contributed by atoms with Crippen LogP contribution in [-0.4, -0.2) is 48.2 Å². The van der Waals surface area contributed by atoms with Crippen molar-refractivity contribution < 1.29 is 24.1 Å². The number of rotatable bonds is 7. The standard InChI is InChI=1S/C13H20N2O5/c1-13(2,3)10-9(20-8-19-6-5-18-4)7-14-11(15-10)12(16)17/h7H,5-6,8H2,1-4H3,(H,16,17). The number of carboxylic acid groups (broad SMARTS) is 1. The number of nitrogens with zero attached hydrogens (tertiary/aromatic N) is 2. The number of carboxylic acids is 1. The van der Waals surface area contributed by atoms with Crippen LogP contribution in [0.1, 0.15) is 37.1 Å². The van der Waals surface area contributed by atoms with Crippen LogP contribution in [0.4, 0.5) is 0 Å². The van der Waals surface area contributed by atoms with Crippen molar-refractivity contribution in [1.29, 1.82) is 0 Å². The first-order valence-electron chi connectivity index (χ1n) is 6.16. The molecule has 0 aliphatic heterocycles. The molecule has 0 aliphatic rings. The second kappa shape index (κ2) is 7.16. The minimum absolute atomic E-state index is 0.0300. The number of methoxy groups -OCH3 is 1. The van der Waals surface area contributed by atoms with Crippen LogP contribution in [0.3, 0.4) is 0 Å². The van der Waals surface area contributed by atoms with Crippen LogP contribution in [0, 0.1) is 0 Å². The topological polar surface area (TPSA) is 90.8 Å². The van der Waals surface area contributed by atoms with Crippen LogP contribution in [0.15, 0.2) is 6.20 Å². The molecule has 0 fully saturated rings. The highest BCUT2D eigenvalue weighted by molar-refractivity contribution is 5.83. The van der Waals surface area contributed by atoms with Gasteiger partial charge in [-0.1, -0.05) is 20.8 Å². The van der Waals surface area contributed by atoms with E-state index in [-0.39, 0.29) is 18.0 Å². The van der Waals surface area contributed by atoms with Crippen molar-refractivity contribution in [3.63, 3.8) is 0 Å². The van der Waals surface area contributed by atoms with Gasteiger partial charge in [0.1, 0.15) is 0 Å². The highest BCUT2D eigenvalue weighted by Gasteiger charge is 2.23. The molecule has 0 saturated heterocycles. The largest absolute Gasteiger partial charge is 0.475 e. The van der Waals surface area contributed by atoms with Crippen molar-refractivity contribution in [3.05, 3.63) is 17.7 Å². The molecule has 7 nitrogen and oxygen atoms in total. The second-order valence-electron chi connectivity index (χ2n) is 5.12. The lowest BCUT2D eigenvalue weighted by Crippen LogP contribution is -2.20. The maximum Gasteiger partial charge on any atom is 0.373 e. The molecule has 0 saturated carbocycles. The zero-order valence-corrected chi connectivity index (χ0v) is 12.2. The van der Waals surface area contributed by atoms with Crippen molar-refractivity contribution in [3.8, 4) is 5.75 Å². The van der Waals surface area contributed by atoms with Gasteiger partial charge >= 0.3 is 5.97 Å². The predicted molar refractivity (Wildman–Crippen MR) is 71.0 cm³/mol. The van der Waals surface area contributed by atoms with Gasteiger partial charge in [-0.2, -0.15) is 0 Å². The quantitative estimate of drug-likeness (QED) is 0.599. The van der Waals surface area contributed by atoms with Gasteiger partial charge in [0.25, 0.3) is 0 Å². The van der Waals surface area contributed by atoms with Crippen molar-refractivity contribution in [2.75, 3.05) is 27.1 Å². The normalized spacial score (nSPS) is 11.4. The minimum Gasteiger partial charge on any atom is -0.475 e. The molecule has 0 aromatic carbocycles. The number of aromatic nitrogens is 2. The fourth-order valence-electron chi connectivity index (χ4n) is 1.42. The van der Waals surface area contributed by atoms with Gasteiger partial charge in [0.05, 0.1) is 25.1 Å². The SMILES string of the molecule is COCCOCOc1cnc(C(=O)O)nc1C(C)(C)C. The average molecular weight is 284 g/mol. The van der Waals surface area contributed by atoms with E-state index in [0.717, 1.165) is 0 Å². The zero-order valence-electron chi connectivity index (χ0n) is 12.2. The lowest BCUT2D eigenvalue weighted by molar-refractivity contribution is -0.00961. The molecule has 0 aliphatic carbocycles. The van der Waals surface area contributed by atoms with Gasteiger partial charge < -0.3 is 19.3 Å². The molecular weight excluding hydrogens is 264 g/mol. The highest BCUT2D eigenvalue weighted by Crippen LogP contribution is 2.28. The monoisotopic (exact) mass is 284 g/mol. The molecule has 1 heterocycles. The zero-order chi connectivity index (χ0) is 15.2. The first-order chi connectivity index (χ1) is 9.36. The molecule has 1 N–H and O–H groups in total. The molecular formula is C13H20N2O5.